The highest BCUT2D eigenvalue weighted by atomic mass is 35.5. The zero-order chi connectivity index (χ0) is 22.3. The number of nitrogens with zero attached hydrogens (tertiary/aromatic N) is 1. The number of carbonyl (C=O) groups is 3. The lowest BCUT2D eigenvalue weighted by atomic mass is 10.2. The van der Waals surface area contributed by atoms with Gasteiger partial charge in [-0.2, -0.15) is 0 Å². The van der Waals surface area contributed by atoms with Crippen molar-refractivity contribution in [3.63, 3.8) is 0 Å². The molecule has 0 radical (unpaired) electrons. The quantitative estimate of drug-likeness (QED) is 0.276. The number of esters is 1. The van der Waals surface area contributed by atoms with Crippen LogP contribution in [0.4, 0.5) is 11.4 Å². The number of aromatic nitrogens is 1. The minimum absolute atomic E-state index is 0.0189. The van der Waals surface area contributed by atoms with Crippen LogP contribution in [-0.2, 0) is 14.3 Å². The Morgan fingerprint density at radius 3 is 2.67 bits per heavy atom. The van der Waals surface area contributed by atoms with Crippen LogP contribution in [0.5, 0.6) is 0 Å². The van der Waals surface area contributed by atoms with E-state index in [1.165, 1.54) is 43.5 Å². The molecule has 0 spiro atoms. The molecule has 5 N–H and O–H groups in total. The van der Waals surface area contributed by atoms with E-state index in [1.54, 1.807) is 6.92 Å². The largest absolute Gasteiger partial charge is 0.465 e. The fraction of sp³-hybridized carbons (Fsp3) is 0.263. The molecule has 1 heterocycles. The van der Waals surface area contributed by atoms with Crippen molar-refractivity contribution in [2.75, 3.05) is 24.2 Å². The molecular weight excluding hydrogens is 414 g/mol. The minimum atomic E-state index is -0.921. The van der Waals surface area contributed by atoms with E-state index in [9.17, 15) is 19.2 Å². The highest BCUT2D eigenvalue weighted by Crippen LogP contribution is 2.20. The van der Waals surface area contributed by atoms with Crippen molar-refractivity contribution in [1.29, 1.82) is 0 Å². The van der Waals surface area contributed by atoms with Crippen molar-refractivity contribution in [1.82, 2.24) is 15.4 Å². The molecule has 160 valence electrons. The molecule has 1 aromatic heterocycles. The second-order valence-electron chi connectivity index (χ2n) is 6.15. The number of anilines is 2. The maximum Gasteiger partial charge on any atom is 0.321 e. The molecule has 0 fully saturated rings. The van der Waals surface area contributed by atoms with Gasteiger partial charge in [0.15, 0.2) is 0 Å². The van der Waals surface area contributed by atoms with E-state index >= 15 is 0 Å². The van der Waals surface area contributed by atoms with Gasteiger partial charge in [-0.15, -0.1) is 0 Å². The van der Waals surface area contributed by atoms with Crippen LogP contribution >= 0.6 is 11.6 Å². The second-order valence-corrected chi connectivity index (χ2v) is 6.56. The van der Waals surface area contributed by atoms with Crippen LogP contribution in [0.3, 0.4) is 0 Å². The Labute approximate surface area is 177 Å². The third-order valence-corrected chi connectivity index (χ3v) is 4.36. The van der Waals surface area contributed by atoms with Gasteiger partial charge in [0.25, 0.3) is 17.4 Å². The Kier molecular flexibility index (Phi) is 7.96. The molecule has 0 bridgehead atoms. The molecule has 0 aliphatic carbocycles. The van der Waals surface area contributed by atoms with E-state index in [4.69, 9.17) is 22.1 Å². The number of hydrazine groups is 1. The average Bonchev–Trinajstić information content (AvgIpc) is 2.71. The highest BCUT2D eigenvalue weighted by molar-refractivity contribution is 6.33. The normalized spacial score (nSPS) is 11.4. The molecule has 2 amide bonds. The van der Waals surface area contributed by atoms with Gasteiger partial charge >= 0.3 is 5.97 Å². The Balaban J connectivity index is 2.08. The lowest BCUT2D eigenvalue weighted by Crippen LogP contribution is -2.45. The monoisotopic (exact) mass is 435 g/mol. The summed E-state index contributed by atoms with van der Waals surface area (Å²) < 4.78 is 5.87. The summed E-state index contributed by atoms with van der Waals surface area (Å²) in [6, 6.07) is 6.36. The van der Waals surface area contributed by atoms with Crippen LogP contribution in [0.25, 0.3) is 0 Å². The summed E-state index contributed by atoms with van der Waals surface area (Å²) in [5.74, 6) is -1.65. The van der Waals surface area contributed by atoms with Crippen LogP contribution in [0, 0.1) is 0 Å². The number of amides is 2. The van der Waals surface area contributed by atoms with E-state index in [2.05, 4.69) is 16.2 Å². The number of nitrogen functional groups attached to an aromatic ring is 1. The molecule has 0 aliphatic rings. The van der Waals surface area contributed by atoms with E-state index in [0.29, 0.717) is 5.69 Å². The fourth-order valence-corrected chi connectivity index (χ4v) is 2.60. The molecule has 0 saturated heterocycles. The lowest BCUT2D eigenvalue weighted by molar-refractivity contribution is -0.142. The van der Waals surface area contributed by atoms with E-state index in [-0.39, 0.29) is 29.4 Å². The summed E-state index contributed by atoms with van der Waals surface area (Å²) >= 11 is 5.92. The first-order valence-electron chi connectivity index (χ1n) is 9.00. The number of nitrogens with one attached hydrogen (secondary N) is 3. The summed E-state index contributed by atoms with van der Waals surface area (Å²) in [7, 11) is 0. The molecule has 30 heavy (non-hydrogen) atoms. The smallest absolute Gasteiger partial charge is 0.321 e. The van der Waals surface area contributed by atoms with Gasteiger partial charge in [0.1, 0.15) is 18.3 Å². The Morgan fingerprint density at radius 2 is 2.00 bits per heavy atom. The zero-order valence-electron chi connectivity index (χ0n) is 16.4. The Bertz CT molecular complexity index is 1010. The first kappa shape index (κ1) is 22.9. The van der Waals surface area contributed by atoms with Gasteiger partial charge in [0, 0.05) is 11.8 Å². The summed E-state index contributed by atoms with van der Waals surface area (Å²) in [4.78, 5) is 48.6. The molecule has 0 aliphatic heterocycles. The number of halogens is 1. The molecule has 10 nitrogen and oxygen atoms in total. The number of hydrogen-bond donors (Lipinski definition) is 4. The van der Waals surface area contributed by atoms with Crippen LogP contribution in [0.1, 0.15) is 30.2 Å². The molecule has 0 saturated carbocycles. The van der Waals surface area contributed by atoms with Crippen molar-refractivity contribution in [2.24, 2.45) is 0 Å². The Hall–Kier alpha value is -3.37. The number of hydrogen-bond acceptors (Lipinski definition) is 7. The third-order valence-electron chi connectivity index (χ3n) is 4.03. The minimum Gasteiger partial charge on any atom is -0.465 e. The molecule has 1 atom stereocenters. The standard InChI is InChI=1S/C19H22ClN5O5/c1-3-30-16(26)10-22-24-17(27)11(2)25-8-4-5-15(19(25)29)23-18(28)12-6-7-14(21)13(20)9-12/h4-9,11,22H,3,10,21H2,1-2H3,(H,23,28)(H,24,27). The SMILES string of the molecule is CCOC(=O)CNNC(=O)C(C)n1cccc(NC(=O)c2ccc(N)c(Cl)c2)c1=O. The van der Waals surface area contributed by atoms with Gasteiger partial charge in [-0.3, -0.25) is 24.6 Å². The van der Waals surface area contributed by atoms with Crippen molar-refractivity contribution in [3.05, 3.63) is 57.5 Å². The van der Waals surface area contributed by atoms with Gasteiger partial charge in [0.2, 0.25) is 0 Å². The zero-order valence-corrected chi connectivity index (χ0v) is 17.2. The number of rotatable bonds is 8. The van der Waals surface area contributed by atoms with Crippen LogP contribution < -0.4 is 27.5 Å². The first-order chi connectivity index (χ1) is 14.2. The Morgan fingerprint density at radius 1 is 1.27 bits per heavy atom. The average molecular weight is 436 g/mol. The fourth-order valence-electron chi connectivity index (χ4n) is 2.42. The molecular formula is C19H22ClN5O5. The molecule has 2 aromatic rings. The van der Waals surface area contributed by atoms with Crippen molar-refractivity contribution in [3.8, 4) is 0 Å². The summed E-state index contributed by atoms with van der Waals surface area (Å²) in [5.41, 5.74) is 10.3. The molecule has 1 unspecified atom stereocenters. The second kappa shape index (κ2) is 10.4. The molecule has 11 heteroatoms. The number of carbonyl (C=O) groups excluding carboxylic acids is 3. The number of pyridine rings is 1. The van der Waals surface area contributed by atoms with E-state index in [0.717, 1.165) is 4.57 Å². The number of ether oxygens (including phenoxy) is 1. The van der Waals surface area contributed by atoms with E-state index in [1.807, 2.05) is 0 Å². The van der Waals surface area contributed by atoms with Crippen molar-refractivity contribution in [2.45, 2.75) is 19.9 Å². The number of nitrogens with two attached hydrogens (primary N) is 1. The van der Waals surface area contributed by atoms with E-state index < -0.39 is 29.4 Å². The summed E-state index contributed by atoms with van der Waals surface area (Å²) in [5, 5.41) is 2.72. The topological polar surface area (TPSA) is 145 Å². The summed E-state index contributed by atoms with van der Waals surface area (Å²) in [6.45, 7) is 3.16. The third kappa shape index (κ3) is 5.82. The first-order valence-corrected chi connectivity index (χ1v) is 9.38. The van der Waals surface area contributed by atoms with Crippen LogP contribution in [0.2, 0.25) is 5.02 Å². The lowest BCUT2D eigenvalue weighted by Gasteiger charge is -2.16. The molecule has 2 rings (SSSR count). The molecule has 1 aromatic carbocycles. The predicted octanol–water partition coefficient (Wildman–Crippen LogP) is 1.08. The maximum absolute atomic E-state index is 12.7. The van der Waals surface area contributed by atoms with Crippen molar-refractivity contribution >= 4 is 40.8 Å². The highest BCUT2D eigenvalue weighted by Gasteiger charge is 2.18. The van der Waals surface area contributed by atoms with Crippen LogP contribution in [-0.4, -0.2) is 35.5 Å². The number of benzene rings is 1. The van der Waals surface area contributed by atoms with Gasteiger partial charge in [0.05, 0.1) is 17.3 Å². The predicted molar refractivity (Wildman–Crippen MR) is 112 cm³/mol. The van der Waals surface area contributed by atoms with Gasteiger partial charge in [-0.05, 0) is 44.2 Å². The summed E-state index contributed by atoms with van der Waals surface area (Å²) in [6.07, 6.45) is 1.41. The maximum atomic E-state index is 12.7. The van der Waals surface area contributed by atoms with Gasteiger partial charge < -0.3 is 20.4 Å². The van der Waals surface area contributed by atoms with Crippen molar-refractivity contribution < 1.29 is 19.1 Å². The van der Waals surface area contributed by atoms with Gasteiger partial charge in [-0.25, -0.2) is 5.43 Å². The van der Waals surface area contributed by atoms with Gasteiger partial charge in [-0.1, -0.05) is 11.6 Å². The van der Waals surface area contributed by atoms with Crippen LogP contribution in [0.15, 0.2) is 41.3 Å².